The molecule has 1 aromatic carbocycles. The number of nitrogens with two attached hydrogens (primary N) is 1. The third-order valence-electron chi connectivity index (χ3n) is 5.18. The highest BCUT2D eigenvalue weighted by Crippen LogP contribution is 2.37. The van der Waals surface area contributed by atoms with Crippen LogP contribution < -0.4 is 5.73 Å². The monoisotopic (exact) mass is 286 g/mol. The first kappa shape index (κ1) is 15.1. The second kappa shape index (κ2) is 6.50. The van der Waals surface area contributed by atoms with E-state index in [1.54, 1.807) is 0 Å². The molecule has 116 valence electrons. The van der Waals surface area contributed by atoms with Gasteiger partial charge in [-0.2, -0.15) is 0 Å². The molecule has 1 fully saturated rings. The maximum Gasteiger partial charge on any atom is 0.0455 e. The zero-order valence-corrected chi connectivity index (χ0v) is 13.6. The van der Waals surface area contributed by atoms with Crippen molar-refractivity contribution in [2.75, 3.05) is 6.54 Å². The quantitative estimate of drug-likeness (QED) is 0.832. The predicted octanol–water partition coefficient (Wildman–Crippen LogP) is 3.90. The Bertz CT molecular complexity index is 464. The highest BCUT2D eigenvalue weighted by molar-refractivity contribution is 5.32. The first-order valence-corrected chi connectivity index (χ1v) is 8.76. The smallest absolute Gasteiger partial charge is 0.0455 e. The molecule has 3 rings (SSSR count). The molecule has 0 heterocycles. The van der Waals surface area contributed by atoms with Gasteiger partial charge in [-0.1, -0.05) is 38.1 Å². The molecule has 2 unspecified atom stereocenters. The molecule has 0 bridgehead atoms. The SMILES string of the molecule is CC(C)CCN(C1CC1)C1CCCc2ccccc2C1N. The maximum atomic E-state index is 6.72. The van der Waals surface area contributed by atoms with Crippen LogP contribution in [0.25, 0.3) is 0 Å². The molecule has 21 heavy (non-hydrogen) atoms. The first-order chi connectivity index (χ1) is 10.2. The molecule has 0 aliphatic heterocycles. The van der Waals surface area contributed by atoms with Crippen molar-refractivity contribution in [1.29, 1.82) is 0 Å². The molecule has 0 aromatic heterocycles. The lowest BCUT2D eigenvalue weighted by Gasteiger charge is -2.36. The van der Waals surface area contributed by atoms with Gasteiger partial charge in [0.05, 0.1) is 0 Å². The van der Waals surface area contributed by atoms with Gasteiger partial charge in [-0.05, 0) is 62.1 Å². The van der Waals surface area contributed by atoms with Crippen molar-refractivity contribution in [3.8, 4) is 0 Å². The number of hydrogen-bond acceptors (Lipinski definition) is 2. The number of nitrogens with zero attached hydrogens (tertiary/aromatic N) is 1. The molecule has 1 aromatic rings. The van der Waals surface area contributed by atoms with E-state index in [0.717, 1.165) is 12.0 Å². The minimum absolute atomic E-state index is 0.191. The summed E-state index contributed by atoms with van der Waals surface area (Å²) in [6.07, 6.45) is 7.78. The molecule has 2 heteroatoms. The third kappa shape index (κ3) is 3.49. The van der Waals surface area contributed by atoms with Gasteiger partial charge < -0.3 is 5.73 Å². The molecule has 0 saturated heterocycles. The normalized spacial score (nSPS) is 26.0. The summed E-state index contributed by atoms with van der Waals surface area (Å²) in [4.78, 5) is 2.76. The fraction of sp³-hybridized carbons (Fsp3) is 0.684. The third-order valence-corrected chi connectivity index (χ3v) is 5.18. The minimum atomic E-state index is 0.191. The number of rotatable bonds is 5. The van der Waals surface area contributed by atoms with Gasteiger partial charge in [-0.15, -0.1) is 0 Å². The van der Waals surface area contributed by atoms with Crippen LogP contribution in [-0.4, -0.2) is 23.5 Å². The van der Waals surface area contributed by atoms with Gasteiger partial charge in [0.1, 0.15) is 0 Å². The highest BCUT2D eigenvalue weighted by atomic mass is 15.2. The van der Waals surface area contributed by atoms with Crippen molar-refractivity contribution in [3.05, 3.63) is 35.4 Å². The van der Waals surface area contributed by atoms with Crippen LogP contribution in [-0.2, 0) is 6.42 Å². The Kier molecular flexibility index (Phi) is 4.66. The van der Waals surface area contributed by atoms with E-state index in [4.69, 9.17) is 5.73 Å². The summed E-state index contributed by atoms with van der Waals surface area (Å²) < 4.78 is 0. The summed E-state index contributed by atoms with van der Waals surface area (Å²) in [6.45, 7) is 5.88. The van der Waals surface area contributed by atoms with Crippen molar-refractivity contribution >= 4 is 0 Å². The van der Waals surface area contributed by atoms with Crippen molar-refractivity contribution in [1.82, 2.24) is 4.90 Å². The van der Waals surface area contributed by atoms with Gasteiger partial charge in [-0.25, -0.2) is 0 Å². The Morgan fingerprint density at radius 2 is 1.95 bits per heavy atom. The maximum absolute atomic E-state index is 6.72. The lowest BCUT2D eigenvalue weighted by Crippen LogP contribution is -2.44. The van der Waals surface area contributed by atoms with Crippen LogP contribution in [0.2, 0.25) is 0 Å². The molecule has 2 aliphatic rings. The summed E-state index contributed by atoms with van der Waals surface area (Å²) in [5.74, 6) is 0.778. The van der Waals surface area contributed by atoms with Gasteiger partial charge in [0.25, 0.3) is 0 Å². The largest absolute Gasteiger partial charge is 0.323 e. The van der Waals surface area contributed by atoms with E-state index in [-0.39, 0.29) is 6.04 Å². The van der Waals surface area contributed by atoms with Gasteiger partial charge in [0.15, 0.2) is 0 Å². The predicted molar refractivity (Wildman–Crippen MR) is 89.3 cm³/mol. The molecule has 0 amide bonds. The summed E-state index contributed by atoms with van der Waals surface area (Å²) in [5, 5.41) is 0. The fourth-order valence-corrected chi connectivity index (χ4v) is 3.78. The topological polar surface area (TPSA) is 29.3 Å². The van der Waals surface area contributed by atoms with Crippen LogP contribution >= 0.6 is 0 Å². The van der Waals surface area contributed by atoms with Gasteiger partial charge >= 0.3 is 0 Å². The van der Waals surface area contributed by atoms with Crippen LogP contribution in [0.1, 0.15) is 63.1 Å². The summed E-state index contributed by atoms with van der Waals surface area (Å²) >= 11 is 0. The van der Waals surface area contributed by atoms with E-state index in [0.29, 0.717) is 6.04 Å². The second-order valence-electron chi connectivity index (χ2n) is 7.34. The molecule has 0 radical (unpaired) electrons. The van der Waals surface area contributed by atoms with Crippen molar-refractivity contribution in [2.45, 2.75) is 70.5 Å². The van der Waals surface area contributed by atoms with E-state index in [9.17, 15) is 0 Å². The Morgan fingerprint density at radius 1 is 1.19 bits per heavy atom. The number of aryl methyl sites for hydroxylation is 1. The lowest BCUT2D eigenvalue weighted by molar-refractivity contribution is 0.145. The molecule has 2 atom stereocenters. The second-order valence-corrected chi connectivity index (χ2v) is 7.34. The van der Waals surface area contributed by atoms with Gasteiger partial charge in [-0.3, -0.25) is 4.90 Å². The first-order valence-electron chi connectivity index (χ1n) is 8.76. The number of hydrogen-bond donors (Lipinski definition) is 1. The number of benzene rings is 1. The zero-order chi connectivity index (χ0) is 14.8. The Hall–Kier alpha value is -0.860. The van der Waals surface area contributed by atoms with Crippen molar-refractivity contribution < 1.29 is 0 Å². The molecule has 1 saturated carbocycles. The fourth-order valence-electron chi connectivity index (χ4n) is 3.78. The van der Waals surface area contributed by atoms with Crippen LogP contribution in [0.5, 0.6) is 0 Å². The zero-order valence-electron chi connectivity index (χ0n) is 13.6. The van der Waals surface area contributed by atoms with E-state index in [1.165, 1.54) is 56.2 Å². The van der Waals surface area contributed by atoms with Crippen molar-refractivity contribution in [2.24, 2.45) is 11.7 Å². The molecule has 0 spiro atoms. The lowest BCUT2D eigenvalue weighted by atomic mass is 9.95. The van der Waals surface area contributed by atoms with E-state index in [2.05, 4.69) is 43.0 Å². The van der Waals surface area contributed by atoms with E-state index < -0.39 is 0 Å². The average molecular weight is 286 g/mol. The summed E-state index contributed by atoms with van der Waals surface area (Å²) in [7, 11) is 0. The molecule has 2 nitrogen and oxygen atoms in total. The van der Waals surface area contributed by atoms with Crippen LogP contribution in [0.4, 0.5) is 0 Å². The van der Waals surface area contributed by atoms with E-state index >= 15 is 0 Å². The van der Waals surface area contributed by atoms with Crippen LogP contribution in [0.3, 0.4) is 0 Å². The number of fused-ring (bicyclic) bond motifs is 1. The Morgan fingerprint density at radius 3 is 2.67 bits per heavy atom. The molecule has 2 N–H and O–H groups in total. The molecular formula is C19H30N2. The van der Waals surface area contributed by atoms with Crippen LogP contribution in [0.15, 0.2) is 24.3 Å². The summed E-state index contributed by atoms with van der Waals surface area (Å²) in [6, 6.07) is 10.4. The average Bonchev–Trinajstić information content (AvgIpc) is 3.30. The molecular weight excluding hydrogens is 256 g/mol. The minimum Gasteiger partial charge on any atom is -0.323 e. The summed E-state index contributed by atoms with van der Waals surface area (Å²) in [5.41, 5.74) is 9.60. The van der Waals surface area contributed by atoms with Crippen LogP contribution in [0, 0.1) is 5.92 Å². The van der Waals surface area contributed by atoms with Gasteiger partial charge in [0.2, 0.25) is 0 Å². The van der Waals surface area contributed by atoms with E-state index in [1.807, 2.05) is 0 Å². The Labute approximate surface area is 129 Å². The standard InChI is InChI=1S/C19H30N2/c1-14(2)12-13-21(16-10-11-16)18-9-5-7-15-6-3-4-8-17(15)19(18)20/h3-4,6,8,14,16,18-19H,5,7,9-13,20H2,1-2H3. The molecule has 2 aliphatic carbocycles. The highest BCUT2D eigenvalue weighted by Gasteiger charge is 2.37. The van der Waals surface area contributed by atoms with Crippen molar-refractivity contribution in [3.63, 3.8) is 0 Å². The Balaban J connectivity index is 1.79. The van der Waals surface area contributed by atoms with Gasteiger partial charge in [0, 0.05) is 18.1 Å².